The van der Waals surface area contributed by atoms with E-state index in [-0.39, 0.29) is 12.7 Å². The minimum atomic E-state index is -0.0792. The summed E-state index contributed by atoms with van der Waals surface area (Å²) in [5.74, 6) is 7.59. The molecule has 0 bridgehead atoms. The summed E-state index contributed by atoms with van der Waals surface area (Å²) in [5.41, 5.74) is 0.317. The van der Waals surface area contributed by atoms with E-state index in [0.717, 1.165) is 12.8 Å². The summed E-state index contributed by atoms with van der Waals surface area (Å²) in [6, 6.07) is 0. The maximum atomic E-state index is 10.2. The van der Waals surface area contributed by atoms with Crippen LogP contribution in [0.4, 0.5) is 0 Å². The van der Waals surface area contributed by atoms with Crippen LogP contribution in [0.1, 0.15) is 52.4 Å². The average molecular weight is 250 g/mol. The highest BCUT2D eigenvalue weighted by Crippen LogP contribution is 2.57. The Hall–Kier alpha value is -0.520. The Morgan fingerprint density at radius 2 is 2.06 bits per heavy atom. The number of fused-ring (bicyclic) bond motifs is 1. The molecule has 18 heavy (non-hydrogen) atoms. The maximum Gasteiger partial charge on any atom is 0.104 e. The SMILES string of the molecule is C[C@H](CC#CCO)C1CC[C@H]2[C@@H](O)CCC[C@]12C. The lowest BCUT2D eigenvalue weighted by Crippen LogP contribution is -2.41. The Labute approximate surface area is 111 Å². The van der Waals surface area contributed by atoms with E-state index in [0.29, 0.717) is 23.2 Å². The lowest BCUT2D eigenvalue weighted by molar-refractivity contribution is -0.0264. The Morgan fingerprint density at radius 3 is 2.78 bits per heavy atom. The fourth-order valence-electron chi connectivity index (χ4n) is 4.56. The minimum absolute atomic E-state index is 0.0318. The molecular weight excluding hydrogens is 224 g/mol. The first kappa shape index (κ1) is 13.9. The van der Waals surface area contributed by atoms with Gasteiger partial charge in [-0.1, -0.05) is 26.2 Å². The van der Waals surface area contributed by atoms with Gasteiger partial charge in [-0.15, -0.1) is 5.92 Å². The van der Waals surface area contributed by atoms with Gasteiger partial charge in [0.1, 0.15) is 6.61 Å². The molecule has 0 radical (unpaired) electrons. The second kappa shape index (κ2) is 5.63. The molecule has 0 aliphatic heterocycles. The van der Waals surface area contributed by atoms with Gasteiger partial charge < -0.3 is 10.2 Å². The molecule has 2 N–H and O–H groups in total. The molecule has 2 aliphatic rings. The first-order valence-corrected chi connectivity index (χ1v) is 7.34. The predicted octanol–water partition coefficient (Wildman–Crippen LogP) is 2.59. The quantitative estimate of drug-likeness (QED) is 0.740. The van der Waals surface area contributed by atoms with Crippen LogP contribution in [0.15, 0.2) is 0 Å². The fraction of sp³-hybridized carbons (Fsp3) is 0.875. The lowest BCUT2D eigenvalue weighted by atomic mass is 9.61. The molecule has 2 rings (SSSR count). The Morgan fingerprint density at radius 1 is 1.28 bits per heavy atom. The van der Waals surface area contributed by atoms with Crippen LogP contribution in [0.25, 0.3) is 0 Å². The van der Waals surface area contributed by atoms with Crippen LogP contribution < -0.4 is 0 Å². The van der Waals surface area contributed by atoms with Crippen molar-refractivity contribution in [3.8, 4) is 11.8 Å². The van der Waals surface area contributed by atoms with Gasteiger partial charge in [0.05, 0.1) is 6.10 Å². The highest BCUT2D eigenvalue weighted by molar-refractivity contribution is 5.05. The molecule has 2 heteroatoms. The van der Waals surface area contributed by atoms with Gasteiger partial charge in [0.25, 0.3) is 0 Å². The van der Waals surface area contributed by atoms with Gasteiger partial charge in [-0.25, -0.2) is 0 Å². The third-order valence-corrected chi connectivity index (χ3v) is 5.48. The summed E-state index contributed by atoms with van der Waals surface area (Å²) in [7, 11) is 0. The maximum absolute atomic E-state index is 10.2. The molecule has 0 saturated heterocycles. The van der Waals surface area contributed by atoms with Gasteiger partial charge in [0.15, 0.2) is 0 Å². The summed E-state index contributed by atoms with van der Waals surface area (Å²) in [5, 5.41) is 18.9. The molecule has 0 aromatic rings. The number of aliphatic hydroxyl groups excluding tert-OH is 2. The Balaban J connectivity index is 2.05. The molecule has 1 unspecified atom stereocenters. The van der Waals surface area contributed by atoms with E-state index in [1.54, 1.807) is 0 Å². The van der Waals surface area contributed by atoms with Crippen LogP contribution in [-0.2, 0) is 0 Å². The summed E-state index contributed by atoms with van der Waals surface area (Å²) < 4.78 is 0. The van der Waals surface area contributed by atoms with Crippen LogP contribution in [0.5, 0.6) is 0 Å². The summed E-state index contributed by atoms with van der Waals surface area (Å²) in [6.07, 6.45) is 6.64. The second-order valence-corrected chi connectivity index (χ2v) is 6.45. The Bertz CT molecular complexity index is 341. The molecule has 5 atom stereocenters. The van der Waals surface area contributed by atoms with Crippen molar-refractivity contribution in [3.05, 3.63) is 0 Å². The smallest absolute Gasteiger partial charge is 0.104 e. The first-order valence-electron chi connectivity index (χ1n) is 7.34. The number of aliphatic hydroxyl groups is 2. The molecule has 2 aliphatic carbocycles. The van der Waals surface area contributed by atoms with Gasteiger partial charge in [0, 0.05) is 6.42 Å². The topological polar surface area (TPSA) is 40.5 Å². The number of rotatable bonds is 2. The van der Waals surface area contributed by atoms with Crippen LogP contribution in [0, 0.1) is 35.0 Å². The van der Waals surface area contributed by atoms with E-state index >= 15 is 0 Å². The second-order valence-electron chi connectivity index (χ2n) is 6.45. The van der Waals surface area contributed by atoms with Crippen LogP contribution in [0.2, 0.25) is 0 Å². The molecule has 0 spiro atoms. The van der Waals surface area contributed by atoms with E-state index in [9.17, 15) is 5.11 Å². The van der Waals surface area contributed by atoms with Crippen LogP contribution in [-0.4, -0.2) is 22.9 Å². The average Bonchev–Trinajstić information content (AvgIpc) is 2.68. The van der Waals surface area contributed by atoms with Crippen molar-refractivity contribution in [3.63, 3.8) is 0 Å². The lowest BCUT2D eigenvalue weighted by Gasteiger charge is -2.45. The van der Waals surface area contributed by atoms with E-state index in [2.05, 4.69) is 25.7 Å². The summed E-state index contributed by atoms with van der Waals surface area (Å²) >= 11 is 0. The third kappa shape index (κ3) is 2.44. The zero-order valence-electron chi connectivity index (χ0n) is 11.7. The summed E-state index contributed by atoms with van der Waals surface area (Å²) in [6.45, 7) is 4.63. The molecule has 0 aromatic carbocycles. The molecule has 102 valence electrons. The molecule has 2 nitrogen and oxygen atoms in total. The largest absolute Gasteiger partial charge is 0.393 e. The van der Waals surface area contributed by atoms with E-state index in [4.69, 9.17) is 5.11 Å². The van der Waals surface area contributed by atoms with Crippen LogP contribution in [0.3, 0.4) is 0 Å². The normalized spacial score (nSPS) is 40.8. The minimum Gasteiger partial charge on any atom is -0.393 e. The van der Waals surface area contributed by atoms with E-state index in [1.807, 2.05) is 0 Å². The molecule has 2 fully saturated rings. The number of hydrogen-bond acceptors (Lipinski definition) is 2. The van der Waals surface area contributed by atoms with Gasteiger partial charge in [-0.05, 0) is 48.9 Å². The predicted molar refractivity (Wildman–Crippen MR) is 72.8 cm³/mol. The standard InChI is InChI=1S/C16H26O2/c1-12(6-3-4-11-17)13-8-9-14-15(18)7-5-10-16(13,14)2/h12-15,17-18H,5-11H2,1-2H3/t12-,13?,14+,15+,16-/m1/s1. The molecule has 0 heterocycles. The van der Waals surface area contributed by atoms with Crippen molar-refractivity contribution in [1.29, 1.82) is 0 Å². The van der Waals surface area contributed by atoms with Gasteiger partial charge in [-0.3, -0.25) is 0 Å². The third-order valence-electron chi connectivity index (χ3n) is 5.48. The van der Waals surface area contributed by atoms with Crippen molar-refractivity contribution >= 4 is 0 Å². The van der Waals surface area contributed by atoms with E-state index in [1.165, 1.54) is 25.7 Å². The number of hydrogen-bond donors (Lipinski definition) is 2. The van der Waals surface area contributed by atoms with Crippen LogP contribution >= 0.6 is 0 Å². The first-order chi connectivity index (χ1) is 8.59. The zero-order valence-corrected chi connectivity index (χ0v) is 11.7. The highest BCUT2D eigenvalue weighted by Gasteiger charge is 2.51. The van der Waals surface area contributed by atoms with Crippen molar-refractivity contribution in [2.75, 3.05) is 6.61 Å². The monoisotopic (exact) mass is 250 g/mol. The van der Waals surface area contributed by atoms with Gasteiger partial charge in [0.2, 0.25) is 0 Å². The highest BCUT2D eigenvalue weighted by atomic mass is 16.3. The van der Waals surface area contributed by atoms with Gasteiger partial charge in [-0.2, -0.15) is 0 Å². The van der Waals surface area contributed by atoms with Crippen molar-refractivity contribution in [1.82, 2.24) is 0 Å². The molecule has 0 aromatic heterocycles. The van der Waals surface area contributed by atoms with E-state index < -0.39 is 0 Å². The molecular formula is C16H26O2. The molecule has 2 saturated carbocycles. The Kier molecular flexibility index (Phi) is 4.35. The summed E-state index contributed by atoms with van der Waals surface area (Å²) in [4.78, 5) is 0. The zero-order chi connectivity index (χ0) is 13.2. The van der Waals surface area contributed by atoms with Crippen molar-refractivity contribution < 1.29 is 10.2 Å². The van der Waals surface area contributed by atoms with Crippen molar-refractivity contribution in [2.45, 2.75) is 58.5 Å². The molecule has 0 amide bonds. The fourth-order valence-corrected chi connectivity index (χ4v) is 4.56. The van der Waals surface area contributed by atoms with Gasteiger partial charge >= 0.3 is 0 Å². The van der Waals surface area contributed by atoms with Crippen molar-refractivity contribution in [2.24, 2.45) is 23.2 Å².